The van der Waals surface area contributed by atoms with E-state index in [1.54, 1.807) is 18.3 Å². The summed E-state index contributed by atoms with van der Waals surface area (Å²) >= 11 is 0. The Labute approximate surface area is 114 Å². The van der Waals surface area contributed by atoms with Crippen LogP contribution in [0.5, 0.6) is 0 Å². The number of hydrogen-bond acceptors (Lipinski definition) is 6. The van der Waals surface area contributed by atoms with Crippen LogP contribution in [0, 0.1) is 0 Å². The molecule has 9 heteroatoms. The molecule has 0 bridgehead atoms. The third-order valence-electron chi connectivity index (χ3n) is 2.61. The van der Waals surface area contributed by atoms with Gasteiger partial charge in [0.2, 0.25) is 16.0 Å². The fourth-order valence-electron chi connectivity index (χ4n) is 1.65. The zero-order valence-electron chi connectivity index (χ0n) is 10.1. The molecule has 8 nitrogen and oxygen atoms in total. The zero-order chi connectivity index (χ0) is 14.2. The Kier molecular flexibility index (Phi) is 2.84. The number of sulfonamides is 1. The largest absolute Gasteiger partial charge is 0.342 e. The van der Waals surface area contributed by atoms with E-state index < -0.39 is 10.0 Å². The van der Waals surface area contributed by atoms with Gasteiger partial charge >= 0.3 is 0 Å². The standard InChI is InChI=1S/C11H10N6O2S/c12-20(18,19)8-3-1-7(2-4-8)16-11-13-5-9-10(17-11)15-6-14-9/h1-6H,(H2,12,18,19)(H2,13,14,15,16,17). The summed E-state index contributed by atoms with van der Waals surface area (Å²) in [5, 5.41) is 7.98. The monoisotopic (exact) mass is 290 g/mol. The molecule has 102 valence electrons. The molecule has 4 N–H and O–H groups in total. The highest BCUT2D eigenvalue weighted by Crippen LogP contribution is 2.16. The lowest BCUT2D eigenvalue weighted by atomic mass is 10.3. The van der Waals surface area contributed by atoms with E-state index in [1.807, 2.05) is 0 Å². The van der Waals surface area contributed by atoms with Crippen molar-refractivity contribution in [3.8, 4) is 0 Å². The third-order valence-corrected chi connectivity index (χ3v) is 3.54. The SMILES string of the molecule is NS(=O)(=O)c1ccc(Nc2ncc3[nH]cnc3n2)cc1. The lowest BCUT2D eigenvalue weighted by molar-refractivity contribution is 0.598. The molecule has 3 rings (SSSR count). The van der Waals surface area contributed by atoms with Crippen molar-refractivity contribution < 1.29 is 8.42 Å². The molecule has 0 amide bonds. The second kappa shape index (κ2) is 4.54. The van der Waals surface area contributed by atoms with Crippen molar-refractivity contribution in [3.05, 3.63) is 36.8 Å². The van der Waals surface area contributed by atoms with Crippen molar-refractivity contribution in [1.82, 2.24) is 19.9 Å². The lowest BCUT2D eigenvalue weighted by Crippen LogP contribution is -2.11. The molecular weight excluding hydrogens is 280 g/mol. The summed E-state index contributed by atoms with van der Waals surface area (Å²) in [6.07, 6.45) is 3.14. The number of rotatable bonds is 3. The van der Waals surface area contributed by atoms with Crippen molar-refractivity contribution >= 4 is 32.8 Å². The Morgan fingerprint density at radius 2 is 1.90 bits per heavy atom. The van der Waals surface area contributed by atoms with Gasteiger partial charge in [0, 0.05) is 5.69 Å². The number of fused-ring (bicyclic) bond motifs is 1. The van der Waals surface area contributed by atoms with Crippen molar-refractivity contribution in [3.63, 3.8) is 0 Å². The van der Waals surface area contributed by atoms with Gasteiger partial charge in [-0.1, -0.05) is 0 Å². The Hall–Kier alpha value is -2.52. The highest BCUT2D eigenvalue weighted by molar-refractivity contribution is 7.89. The molecule has 3 aromatic rings. The molecule has 1 aromatic carbocycles. The minimum absolute atomic E-state index is 0.0479. The van der Waals surface area contributed by atoms with Gasteiger partial charge in [-0.2, -0.15) is 4.98 Å². The van der Waals surface area contributed by atoms with Crippen molar-refractivity contribution in [2.45, 2.75) is 4.90 Å². The van der Waals surface area contributed by atoms with Crippen molar-refractivity contribution in [1.29, 1.82) is 0 Å². The Morgan fingerprint density at radius 1 is 1.15 bits per heavy atom. The van der Waals surface area contributed by atoms with Gasteiger partial charge in [-0.05, 0) is 24.3 Å². The number of nitrogens with zero attached hydrogens (tertiary/aromatic N) is 3. The van der Waals surface area contributed by atoms with Crippen LogP contribution in [0.3, 0.4) is 0 Å². The molecule has 0 aliphatic carbocycles. The smallest absolute Gasteiger partial charge is 0.238 e. The summed E-state index contributed by atoms with van der Waals surface area (Å²) in [4.78, 5) is 15.3. The van der Waals surface area contributed by atoms with Gasteiger partial charge in [0.1, 0.15) is 5.52 Å². The Balaban J connectivity index is 1.87. The normalized spacial score (nSPS) is 11.7. The van der Waals surface area contributed by atoms with E-state index in [4.69, 9.17) is 5.14 Å². The number of primary sulfonamides is 1. The molecule has 0 radical (unpaired) electrons. The number of anilines is 2. The summed E-state index contributed by atoms with van der Waals surface area (Å²) < 4.78 is 22.3. The maximum atomic E-state index is 11.1. The number of nitrogens with two attached hydrogens (primary N) is 1. The van der Waals surface area contributed by atoms with E-state index in [9.17, 15) is 8.42 Å². The fraction of sp³-hybridized carbons (Fsp3) is 0. The van der Waals surface area contributed by atoms with E-state index in [2.05, 4.69) is 25.3 Å². The highest BCUT2D eigenvalue weighted by atomic mass is 32.2. The molecule has 0 saturated heterocycles. The van der Waals surface area contributed by atoms with Crippen LogP contribution in [-0.4, -0.2) is 28.4 Å². The quantitative estimate of drug-likeness (QED) is 0.653. The van der Waals surface area contributed by atoms with Crippen LogP contribution in [0.15, 0.2) is 41.7 Å². The number of aromatic nitrogens is 4. The van der Waals surface area contributed by atoms with Gasteiger partial charge in [0.05, 0.1) is 17.4 Å². The molecule has 0 aliphatic heterocycles. The molecule has 0 atom stereocenters. The molecule has 0 unspecified atom stereocenters. The van der Waals surface area contributed by atoms with E-state index in [1.165, 1.54) is 18.5 Å². The number of aromatic amines is 1. The minimum Gasteiger partial charge on any atom is -0.342 e. The second-order valence-corrected chi connectivity index (χ2v) is 5.59. The first-order chi connectivity index (χ1) is 9.52. The average Bonchev–Trinajstić information content (AvgIpc) is 2.86. The van der Waals surface area contributed by atoms with Gasteiger partial charge < -0.3 is 10.3 Å². The van der Waals surface area contributed by atoms with Gasteiger partial charge in [-0.15, -0.1) is 0 Å². The van der Waals surface area contributed by atoms with Gasteiger partial charge in [-0.3, -0.25) is 0 Å². The molecular formula is C11H10N6O2S. The number of H-pyrrole nitrogens is 1. The predicted molar refractivity (Wildman–Crippen MR) is 72.8 cm³/mol. The average molecular weight is 290 g/mol. The second-order valence-electron chi connectivity index (χ2n) is 4.03. The fourth-order valence-corrected chi connectivity index (χ4v) is 2.17. The van der Waals surface area contributed by atoms with Crippen LogP contribution in [0.1, 0.15) is 0 Å². The van der Waals surface area contributed by atoms with Crippen LogP contribution in [0.4, 0.5) is 11.6 Å². The maximum Gasteiger partial charge on any atom is 0.238 e. The first-order valence-electron chi connectivity index (χ1n) is 5.58. The summed E-state index contributed by atoms with van der Waals surface area (Å²) in [5.74, 6) is 0.368. The Morgan fingerprint density at radius 3 is 2.60 bits per heavy atom. The lowest BCUT2D eigenvalue weighted by Gasteiger charge is -2.05. The number of hydrogen-bond donors (Lipinski definition) is 3. The van der Waals surface area contributed by atoms with Crippen LogP contribution in [-0.2, 0) is 10.0 Å². The van der Waals surface area contributed by atoms with Gasteiger partial charge in [0.25, 0.3) is 0 Å². The predicted octanol–water partition coefficient (Wildman–Crippen LogP) is 0.744. The van der Waals surface area contributed by atoms with E-state index in [0.717, 1.165) is 5.52 Å². The zero-order valence-corrected chi connectivity index (χ0v) is 10.9. The maximum absolute atomic E-state index is 11.1. The van der Waals surface area contributed by atoms with Gasteiger partial charge in [0.15, 0.2) is 5.65 Å². The number of nitrogens with one attached hydrogen (secondary N) is 2. The van der Waals surface area contributed by atoms with Crippen molar-refractivity contribution in [2.75, 3.05) is 5.32 Å². The summed E-state index contributed by atoms with van der Waals surface area (Å²) in [6, 6.07) is 5.98. The van der Waals surface area contributed by atoms with Crippen LogP contribution in [0.2, 0.25) is 0 Å². The molecule has 0 spiro atoms. The molecule has 20 heavy (non-hydrogen) atoms. The van der Waals surface area contributed by atoms with Gasteiger partial charge in [-0.25, -0.2) is 23.5 Å². The molecule has 2 heterocycles. The topological polar surface area (TPSA) is 127 Å². The number of benzene rings is 1. The number of imidazole rings is 1. The van der Waals surface area contributed by atoms with E-state index in [0.29, 0.717) is 17.3 Å². The summed E-state index contributed by atoms with van der Waals surface area (Å²) in [5.41, 5.74) is 1.93. The Bertz CT molecular complexity index is 856. The minimum atomic E-state index is -3.69. The first kappa shape index (κ1) is 12.5. The van der Waals surface area contributed by atoms with E-state index >= 15 is 0 Å². The highest BCUT2D eigenvalue weighted by Gasteiger charge is 2.07. The molecule has 0 saturated carbocycles. The van der Waals surface area contributed by atoms with Crippen molar-refractivity contribution in [2.24, 2.45) is 5.14 Å². The summed E-state index contributed by atoms with van der Waals surface area (Å²) in [7, 11) is -3.69. The molecule has 0 aliphatic rings. The van der Waals surface area contributed by atoms with Crippen LogP contribution < -0.4 is 10.5 Å². The van der Waals surface area contributed by atoms with Crippen LogP contribution >= 0.6 is 0 Å². The van der Waals surface area contributed by atoms with Crippen LogP contribution in [0.25, 0.3) is 11.2 Å². The first-order valence-corrected chi connectivity index (χ1v) is 7.13. The van der Waals surface area contributed by atoms with E-state index in [-0.39, 0.29) is 4.90 Å². The summed E-state index contributed by atoms with van der Waals surface area (Å²) in [6.45, 7) is 0. The molecule has 0 fully saturated rings. The molecule has 2 aromatic heterocycles. The third kappa shape index (κ3) is 2.44.